The van der Waals surface area contributed by atoms with Gasteiger partial charge in [-0.2, -0.15) is 9.61 Å². The van der Waals surface area contributed by atoms with Crippen molar-refractivity contribution in [2.75, 3.05) is 66.7 Å². The van der Waals surface area contributed by atoms with E-state index in [1.165, 1.54) is 12.1 Å². The van der Waals surface area contributed by atoms with Crippen LogP contribution in [0.2, 0.25) is 5.02 Å². The van der Waals surface area contributed by atoms with Crippen LogP contribution in [0.15, 0.2) is 30.3 Å². The van der Waals surface area contributed by atoms with Crippen LogP contribution in [0.4, 0.5) is 17.3 Å². The molecule has 3 aliphatic rings. The summed E-state index contributed by atoms with van der Waals surface area (Å²) in [6.07, 6.45) is 3.55. The molecule has 0 spiro atoms. The minimum Gasteiger partial charge on any atom is -0.378 e. The number of benzene rings is 1. The second-order valence-electron chi connectivity index (χ2n) is 10.7. The van der Waals surface area contributed by atoms with E-state index in [9.17, 15) is 13.2 Å². The highest BCUT2D eigenvalue weighted by molar-refractivity contribution is 7.92. The number of carbonyl (C=O) groups excluding carboxylic acids is 1. The Bertz CT molecular complexity index is 1530. The lowest BCUT2D eigenvalue weighted by atomic mass is 9.98. The number of likely N-dealkylation sites (tertiary alicyclic amines) is 1. The third kappa shape index (κ3) is 5.42. The number of rotatable bonds is 6. The van der Waals surface area contributed by atoms with Gasteiger partial charge in [0.15, 0.2) is 5.65 Å². The van der Waals surface area contributed by atoms with E-state index in [-0.39, 0.29) is 29.2 Å². The van der Waals surface area contributed by atoms with Gasteiger partial charge in [0.05, 0.1) is 42.5 Å². The molecule has 1 aromatic carbocycles. The molecule has 0 radical (unpaired) electrons. The largest absolute Gasteiger partial charge is 0.378 e. The van der Waals surface area contributed by atoms with E-state index in [0.717, 1.165) is 69.0 Å². The summed E-state index contributed by atoms with van der Waals surface area (Å²) in [5.74, 6) is 1.49. The molecule has 214 valence electrons. The molecular formula is C26H33ClN8O4S. The molecule has 0 aliphatic carbocycles. The van der Waals surface area contributed by atoms with Gasteiger partial charge in [-0.15, -0.1) is 0 Å². The summed E-state index contributed by atoms with van der Waals surface area (Å²) in [5.41, 5.74) is 7.90. The van der Waals surface area contributed by atoms with Gasteiger partial charge in [-0.1, -0.05) is 11.6 Å². The summed E-state index contributed by atoms with van der Waals surface area (Å²) in [5, 5.41) is 5.34. The molecule has 2 aromatic heterocycles. The predicted molar refractivity (Wildman–Crippen MR) is 154 cm³/mol. The molecule has 3 aromatic rings. The number of ether oxygens (including phenoxy) is 1. The molecule has 14 heteroatoms. The van der Waals surface area contributed by atoms with Gasteiger partial charge < -0.3 is 25.2 Å². The van der Waals surface area contributed by atoms with E-state index in [0.29, 0.717) is 30.4 Å². The Kier molecular flexibility index (Phi) is 7.23. The monoisotopic (exact) mass is 588 g/mol. The van der Waals surface area contributed by atoms with Gasteiger partial charge in [-0.05, 0) is 37.5 Å². The molecular weight excluding hydrogens is 556 g/mol. The number of sulfonamides is 1. The standard InChI is InChI=1S/C26H33ClN8O4S/c1-40(37,38)31-20-6-5-17(27)12-19(20)26(36)34-7-3-2-4-22(34)21-13-24-29-23(33-15-18(28)16-33)14-25(35(24)30-21)32-8-10-39-11-9-32/h5-6,12-14,18,22,31H,2-4,7-11,15-16,28H2,1H3. The van der Waals surface area contributed by atoms with E-state index in [1.54, 1.807) is 11.0 Å². The average Bonchev–Trinajstić information content (AvgIpc) is 3.35. The van der Waals surface area contributed by atoms with E-state index in [4.69, 9.17) is 32.2 Å². The molecule has 3 saturated heterocycles. The Labute approximate surface area is 238 Å². The number of nitrogens with two attached hydrogens (primary N) is 1. The van der Waals surface area contributed by atoms with Crippen LogP contribution >= 0.6 is 11.6 Å². The normalized spacial score (nSPS) is 20.6. The Morgan fingerprint density at radius 2 is 1.88 bits per heavy atom. The van der Waals surface area contributed by atoms with E-state index < -0.39 is 10.0 Å². The van der Waals surface area contributed by atoms with Crippen LogP contribution in [0, 0.1) is 0 Å². The molecule has 6 rings (SSSR count). The van der Waals surface area contributed by atoms with Crippen LogP contribution in [0.25, 0.3) is 5.65 Å². The number of nitrogens with zero attached hydrogens (tertiary/aromatic N) is 6. The summed E-state index contributed by atoms with van der Waals surface area (Å²) in [4.78, 5) is 25.0. The number of aromatic nitrogens is 3. The fourth-order valence-electron chi connectivity index (χ4n) is 5.62. The maximum atomic E-state index is 13.9. The van der Waals surface area contributed by atoms with Crippen molar-refractivity contribution in [2.45, 2.75) is 31.3 Å². The van der Waals surface area contributed by atoms with Crippen molar-refractivity contribution >= 4 is 50.5 Å². The zero-order valence-corrected chi connectivity index (χ0v) is 23.9. The number of anilines is 3. The quantitative estimate of drug-likeness (QED) is 0.443. The van der Waals surface area contributed by atoms with Crippen molar-refractivity contribution in [1.29, 1.82) is 0 Å². The first-order valence-electron chi connectivity index (χ1n) is 13.5. The maximum Gasteiger partial charge on any atom is 0.256 e. The van der Waals surface area contributed by atoms with Crippen molar-refractivity contribution in [1.82, 2.24) is 19.5 Å². The smallest absolute Gasteiger partial charge is 0.256 e. The Balaban J connectivity index is 1.38. The van der Waals surface area contributed by atoms with Crippen molar-refractivity contribution in [3.63, 3.8) is 0 Å². The second kappa shape index (κ2) is 10.7. The molecule has 3 aliphatic heterocycles. The summed E-state index contributed by atoms with van der Waals surface area (Å²) >= 11 is 6.24. The number of fused-ring (bicyclic) bond motifs is 1. The number of piperidine rings is 1. The Morgan fingerprint density at radius 1 is 1.10 bits per heavy atom. The fourth-order valence-corrected chi connectivity index (χ4v) is 6.37. The molecule has 0 saturated carbocycles. The third-order valence-electron chi connectivity index (χ3n) is 7.60. The van der Waals surface area contributed by atoms with Crippen LogP contribution in [0.5, 0.6) is 0 Å². The van der Waals surface area contributed by atoms with Crippen molar-refractivity contribution in [3.8, 4) is 0 Å². The first-order chi connectivity index (χ1) is 19.2. The fraction of sp³-hybridized carbons (Fsp3) is 0.500. The first-order valence-corrected chi connectivity index (χ1v) is 15.8. The Hall–Kier alpha value is -3.13. The van der Waals surface area contributed by atoms with Gasteiger partial charge in [-0.25, -0.2) is 13.4 Å². The molecule has 12 nitrogen and oxygen atoms in total. The molecule has 1 unspecified atom stereocenters. The minimum absolute atomic E-state index is 0.140. The third-order valence-corrected chi connectivity index (χ3v) is 8.42. The molecule has 0 bridgehead atoms. The van der Waals surface area contributed by atoms with Gasteiger partial charge in [-0.3, -0.25) is 9.52 Å². The van der Waals surface area contributed by atoms with Gasteiger partial charge in [0.2, 0.25) is 10.0 Å². The average molecular weight is 589 g/mol. The van der Waals surface area contributed by atoms with Crippen LogP contribution < -0.4 is 20.3 Å². The van der Waals surface area contributed by atoms with Crippen molar-refractivity contribution in [3.05, 3.63) is 46.6 Å². The number of hydrogen-bond acceptors (Lipinski definition) is 9. The van der Waals surface area contributed by atoms with Crippen molar-refractivity contribution in [2.24, 2.45) is 5.73 Å². The predicted octanol–water partition coefficient (Wildman–Crippen LogP) is 2.11. The van der Waals surface area contributed by atoms with Gasteiger partial charge in [0.1, 0.15) is 11.6 Å². The number of amides is 1. The lowest BCUT2D eigenvalue weighted by Gasteiger charge is -2.38. The number of halogens is 1. The first kappa shape index (κ1) is 27.1. The molecule has 5 heterocycles. The molecule has 3 N–H and O–H groups in total. The number of nitrogens with one attached hydrogen (secondary N) is 1. The lowest BCUT2D eigenvalue weighted by Crippen LogP contribution is -2.56. The summed E-state index contributed by atoms with van der Waals surface area (Å²) in [7, 11) is -3.60. The molecule has 1 amide bonds. The maximum absolute atomic E-state index is 13.9. The molecule has 1 atom stereocenters. The SMILES string of the molecule is CS(=O)(=O)Nc1ccc(Cl)cc1C(=O)N1CCCCC1c1cc2nc(N3CC(N)C3)cc(N3CCOCC3)n2n1. The van der Waals surface area contributed by atoms with Crippen LogP contribution in [0.3, 0.4) is 0 Å². The number of morpholine rings is 1. The van der Waals surface area contributed by atoms with Crippen LogP contribution in [0.1, 0.15) is 41.4 Å². The van der Waals surface area contributed by atoms with Crippen molar-refractivity contribution < 1.29 is 17.9 Å². The highest BCUT2D eigenvalue weighted by Crippen LogP contribution is 2.35. The van der Waals surface area contributed by atoms with Gasteiger partial charge in [0.25, 0.3) is 5.91 Å². The second-order valence-corrected chi connectivity index (χ2v) is 12.8. The van der Waals surface area contributed by atoms with Crippen LogP contribution in [-0.2, 0) is 14.8 Å². The minimum atomic E-state index is -3.60. The van der Waals surface area contributed by atoms with E-state index in [2.05, 4.69) is 20.6 Å². The highest BCUT2D eigenvalue weighted by Gasteiger charge is 2.33. The zero-order valence-electron chi connectivity index (χ0n) is 22.3. The summed E-state index contributed by atoms with van der Waals surface area (Å²) in [6.45, 7) is 4.77. The molecule has 3 fully saturated rings. The van der Waals surface area contributed by atoms with E-state index >= 15 is 0 Å². The topological polar surface area (TPSA) is 138 Å². The highest BCUT2D eigenvalue weighted by atomic mass is 35.5. The van der Waals surface area contributed by atoms with Gasteiger partial charge in [0, 0.05) is 55.9 Å². The molecule has 40 heavy (non-hydrogen) atoms. The number of hydrogen-bond donors (Lipinski definition) is 2. The van der Waals surface area contributed by atoms with E-state index in [1.807, 2.05) is 10.6 Å². The summed E-state index contributed by atoms with van der Waals surface area (Å²) < 4.78 is 33.9. The summed E-state index contributed by atoms with van der Waals surface area (Å²) in [6, 6.07) is 8.43. The number of carbonyl (C=O) groups is 1. The zero-order chi connectivity index (χ0) is 28.0. The van der Waals surface area contributed by atoms with Gasteiger partial charge >= 0.3 is 0 Å². The van der Waals surface area contributed by atoms with Crippen LogP contribution in [-0.4, -0.2) is 92.1 Å². The Morgan fingerprint density at radius 3 is 2.60 bits per heavy atom. The lowest BCUT2D eigenvalue weighted by molar-refractivity contribution is 0.0607.